The third-order valence-corrected chi connectivity index (χ3v) is 4.06. The van der Waals surface area contributed by atoms with Crippen LogP contribution in [0.25, 0.3) is 11.0 Å². The van der Waals surface area contributed by atoms with Crippen LogP contribution in [0.4, 0.5) is 0 Å². The molecule has 1 amide bonds. The third kappa shape index (κ3) is 3.71. The van der Waals surface area contributed by atoms with Gasteiger partial charge in [-0.25, -0.2) is 4.79 Å². The smallest absolute Gasteiger partial charge is 0.349 e. The minimum Gasteiger partial charge on any atom is -0.497 e. The predicted molar refractivity (Wildman–Crippen MR) is 96.3 cm³/mol. The van der Waals surface area contributed by atoms with Gasteiger partial charge in [0.15, 0.2) is 0 Å². The van der Waals surface area contributed by atoms with Crippen LogP contribution in [0, 0.1) is 6.92 Å². The summed E-state index contributed by atoms with van der Waals surface area (Å²) in [4.78, 5) is 24.4. The van der Waals surface area contributed by atoms with E-state index in [1.165, 1.54) is 0 Å². The van der Waals surface area contributed by atoms with E-state index in [0.717, 1.165) is 22.3 Å². The van der Waals surface area contributed by atoms with E-state index in [1.54, 1.807) is 13.2 Å². The Morgan fingerprint density at radius 1 is 1.16 bits per heavy atom. The molecule has 0 saturated carbocycles. The monoisotopic (exact) mass is 337 g/mol. The Morgan fingerprint density at radius 3 is 2.64 bits per heavy atom. The van der Waals surface area contributed by atoms with Crippen LogP contribution in [0.15, 0.2) is 57.7 Å². The molecule has 0 aliphatic rings. The first-order valence-corrected chi connectivity index (χ1v) is 8.03. The molecule has 2 aromatic carbocycles. The number of nitrogens with one attached hydrogen (secondary N) is 1. The number of carbonyl (C=O) groups excluding carboxylic acids is 1. The molecule has 5 nitrogen and oxygen atoms in total. The molecule has 0 unspecified atom stereocenters. The summed E-state index contributed by atoms with van der Waals surface area (Å²) in [5, 5.41) is 3.50. The molecular formula is C20H19NO4. The SMILES string of the molecule is COc1ccc(CCNC(=O)c2cc3cccc(C)c3oc2=O)cc1. The van der Waals surface area contributed by atoms with E-state index < -0.39 is 11.5 Å². The largest absolute Gasteiger partial charge is 0.497 e. The van der Waals surface area contributed by atoms with Crippen LogP contribution < -0.4 is 15.7 Å². The van der Waals surface area contributed by atoms with Gasteiger partial charge < -0.3 is 14.5 Å². The first-order chi connectivity index (χ1) is 12.1. The molecule has 3 rings (SSSR count). The summed E-state index contributed by atoms with van der Waals surface area (Å²) in [7, 11) is 1.62. The number of amides is 1. The van der Waals surface area contributed by atoms with Crippen molar-refractivity contribution in [2.75, 3.05) is 13.7 Å². The van der Waals surface area contributed by atoms with Crippen molar-refractivity contribution in [3.8, 4) is 5.75 Å². The van der Waals surface area contributed by atoms with Gasteiger partial charge in [-0.2, -0.15) is 0 Å². The van der Waals surface area contributed by atoms with E-state index in [2.05, 4.69) is 5.32 Å². The van der Waals surface area contributed by atoms with E-state index in [1.807, 2.05) is 49.4 Å². The second-order valence-corrected chi connectivity index (χ2v) is 5.79. The van der Waals surface area contributed by atoms with Crippen LogP contribution in [0.5, 0.6) is 5.75 Å². The molecule has 1 aromatic heterocycles. The Kier molecular flexibility index (Phi) is 4.84. The number of carbonyl (C=O) groups is 1. The van der Waals surface area contributed by atoms with Gasteiger partial charge in [0, 0.05) is 11.9 Å². The quantitative estimate of drug-likeness (QED) is 0.727. The zero-order chi connectivity index (χ0) is 17.8. The molecule has 0 spiro atoms. The van der Waals surface area contributed by atoms with Crippen LogP contribution in [0.1, 0.15) is 21.5 Å². The summed E-state index contributed by atoms with van der Waals surface area (Å²) in [6.45, 7) is 2.29. The number of rotatable bonds is 5. The number of methoxy groups -OCH3 is 1. The van der Waals surface area contributed by atoms with E-state index in [4.69, 9.17) is 9.15 Å². The van der Waals surface area contributed by atoms with Gasteiger partial charge in [0.2, 0.25) is 0 Å². The lowest BCUT2D eigenvalue weighted by Gasteiger charge is -2.07. The second kappa shape index (κ2) is 7.21. The highest BCUT2D eigenvalue weighted by atomic mass is 16.5. The number of hydrogen-bond donors (Lipinski definition) is 1. The van der Waals surface area contributed by atoms with E-state index in [9.17, 15) is 9.59 Å². The molecule has 0 aliphatic carbocycles. The first kappa shape index (κ1) is 16.8. The lowest BCUT2D eigenvalue weighted by Crippen LogP contribution is -2.29. The first-order valence-electron chi connectivity index (χ1n) is 8.03. The standard InChI is InChI=1S/C20H19NO4/c1-13-4-3-5-15-12-17(20(23)25-18(13)15)19(22)21-11-10-14-6-8-16(24-2)9-7-14/h3-9,12H,10-11H2,1-2H3,(H,21,22). The minimum absolute atomic E-state index is 0.0211. The molecule has 1 N–H and O–H groups in total. The topological polar surface area (TPSA) is 68.5 Å². The van der Waals surface area contributed by atoms with Crippen molar-refractivity contribution in [2.45, 2.75) is 13.3 Å². The molecule has 0 saturated heterocycles. The van der Waals surface area contributed by atoms with Crippen LogP contribution in [-0.4, -0.2) is 19.6 Å². The van der Waals surface area contributed by atoms with Gasteiger partial charge in [-0.15, -0.1) is 0 Å². The molecule has 0 aliphatic heterocycles. The highest BCUT2D eigenvalue weighted by Crippen LogP contribution is 2.17. The van der Waals surface area contributed by atoms with Crippen LogP contribution in [0.2, 0.25) is 0 Å². The number of aryl methyl sites for hydroxylation is 1. The van der Waals surface area contributed by atoms with Crippen molar-refractivity contribution in [2.24, 2.45) is 0 Å². The third-order valence-electron chi connectivity index (χ3n) is 4.06. The van der Waals surface area contributed by atoms with Crippen molar-refractivity contribution in [3.05, 3.63) is 75.6 Å². The molecule has 25 heavy (non-hydrogen) atoms. The molecule has 0 radical (unpaired) electrons. The average molecular weight is 337 g/mol. The van der Waals surface area contributed by atoms with Gasteiger partial charge in [-0.05, 0) is 42.7 Å². The molecule has 0 atom stereocenters. The predicted octanol–water partition coefficient (Wildman–Crippen LogP) is 3.08. The zero-order valence-electron chi connectivity index (χ0n) is 14.2. The van der Waals surface area contributed by atoms with Crippen molar-refractivity contribution in [1.29, 1.82) is 0 Å². The molecule has 0 bridgehead atoms. The molecule has 0 fully saturated rings. The fourth-order valence-electron chi connectivity index (χ4n) is 2.66. The normalized spacial score (nSPS) is 10.6. The summed E-state index contributed by atoms with van der Waals surface area (Å²) in [6, 6.07) is 14.8. The Morgan fingerprint density at radius 2 is 1.92 bits per heavy atom. The maximum absolute atomic E-state index is 12.3. The maximum atomic E-state index is 12.3. The number of ether oxygens (including phenoxy) is 1. The summed E-state index contributed by atoms with van der Waals surface area (Å²) < 4.78 is 10.4. The van der Waals surface area contributed by atoms with Crippen LogP contribution in [-0.2, 0) is 6.42 Å². The Balaban J connectivity index is 1.69. The number of para-hydroxylation sites is 1. The summed E-state index contributed by atoms with van der Waals surface area (Å²) >= 11 is 0. The molecule has 5 heteroatoms. The summed E-state index contributed by atoms with van der Waals surface area (Å²) in [5.74, 6) is 0.363. The lowest BCUT2D eigenvalue weighted by atomic mass is 10.1. The highest BCUT2D eigenvalue weighted by Gasteiger charge is 2.14. The zero-order valence-corrected chi connectivity index (χ0v) is 14.2. The van der Waals surface area contributed by atoms with Gasteiger partial charge in [0.05, 0.1) is 7.11 Å². The van der Waals surface area contributed by atoms with Gasteiger partial charge in [-0.1, -0.05) is 30.3 Å². The summed E-state index contributed by atoms with van der Waals surface area (Å²) in [5.41, 5.74) is 1.85. The van der Waals surface area contributed by atoms with Crippen molar-refractivity contribution >= 4 is 16.9 Å². The number of fused-ring (bicyclic) bond motifs is 1. The van der Waals surface area contributed by atoms with Crippen molar-refractivity contribution in [3.63, 3.8) is 0 Å². The van der Waals surface area contributed by atoms with E-state index in [-0.39, 0.29) is 5.56 Å². The van der Waals surface area contributed by atoms with Gasteiger partial charge in [-0.3, -0.25) is 4.79 Å². The van der Waals surface area contributed by atoms with E-state index >= 15 is 0 Å². The maximum Gasteiger partial charge on any atom is 0.349 e. The Hall–Kier alpha value is -3.08. The fraction of sp³-hybridized carbons (Fsp3) is 0.200. The summed E-state index contributed by atoms with van der Waals surface area (Å²) in [6.07, 6.45) is 0.660. The van der Waals surface area contributed by atoms with Gasteiger partial charge >= 0.3 is 5.63 Å². The lowest BCUT2D eigenvalue weighted by molar-refractivity contribution is 0.0950. The van der Waals surface area contributed by atoms with E-state index in [0.29, 0.717) is 18.5 Å². The van der Waals surface area contributed by atoms with Gasteiger partial charge in [0.25, 0.3) is 5.91 Å². The highest BCUT2D eigenvalue weighted by molar-refractivity contribution is 5.96. The number of hydrogen-bond acceptors (Lipinski definition) is 4. The van der Waals surface area contributed by atoms with Gasteiger partial charge in [0.1, 0.15) is 16.9 Å². The minimum atomic E-state index is -0.622. The average Bonchev–Trinajstić information content (AvgIpc) is 2.62. The Bertz CT molecular complexity index is 958. The van der Waals surface area contributed by atoms with Crippen LogP contribution in [0.3, 0.4) is 0 Å². The molecule has 3 aromatic rings. The Labute approximate surface area is 145 Å². The second-order valence-electron chi connectivity index (χ2n) is 5.79. The van der Waals surface area contributed by atoms with Crippen molar-refractivity contribution in [1.82, 2.24) is 5.32 Å². The van der Waals surface area contributed by atoms with Crippen molar-refractivity contribution < 1.29 is 13.9 Å². The molecule has 128 valence electrons. The molecule has 1 heterocycles. The van der Waals surface area contributed by atoms with Crippen LogP contribution >= 0.6 is 0 Å². The fourth-order valence-corrected chi connectivity index (χ4v) is 2.66. The number of benzene rings is 2. The molecular weight excluding hydrogens is 318 g/mol.